The molecule has 0 radical (unpaired) electrons. The maximum atomic E-state index is 3.85. The number of H-pyrrole nitrogens is 1. The topological polar surface area (TPSA) is 32.6 Å². The Morgan fingerprint density at radius 2 is 1.92 bits per heavy atom. The van der Waals surface area contributed by atoms with Crippen LogP contribution in [0.2, 0.25) is 0 Å². The molecule has 0 aliphatic heterocycles. The molecule has 0 amide bonds. The average Bonchev–Trinajstić information content (AvgIpc) is 2.58. The minimum atomic E-state index is 0. The summed E-state index contributed by atoms with van der Waals surface area (Å²) in [6.45, 7) is 0. The molecule has 0 spiro atoms. The second-order valence-corrected chi connectivity index (χ2v) is 2.22. The van der Waals surface area contributed by atoms with E-state index in [2.05, 4.69) is 10.2 Å². The highest BCUT2D eigenvalue weighted by Crippen LogP contribution is 1.88. The second kappa shape index (κ2) is 4.01. The van der Waals surface area contributed by atoms with Crippen LogP contribution in [0.25, 0.3) is 5.82 Å². The molecule has 62 valence electrons. The predicted molar refractivity (Wildman–Crippen MR) is 40.1 cm³/mol. The Bertz CT molecular complexity index is 317. The van der Waals surface area contributed by atoms with Crippen LogP contribution in [-0.2, 0) is 0 Å². The van der Waals surface area contributed by atoms with Crippen molar-refractivity contribution < 1.29 is 21.5 Å². The van der Waals surface area contributed by atoms with E-state index in [0.29, 0.717) is 0 Å². The van der Waals surface area contributed by atoms with Gasteiger partial charge in [0.25, 0.3) is 0 Å². The minimum absolute atomic E-state index is 0. The third kappa shape index (κ3) is 1.71. The van der Waals surface area contributed by atoms with Crippen LogP contribution in [0, 0.1) is 0 Å². The summed E-state index contributed by atoms with van der Waals surface area (Å²) < 4.78 is 1.97. The van der Waals surface area contributed by atoms with Crippen LogP contribution < -0.4 is 21.5 Å². The molecule has 1 N–H and O–H groups in total. The third-order valence-electron chi connectivity index (χ3n) is 1.48. The number of hydrogen-bond donors (Lipinski definition) is 1. The van der Waals surface area contributed by atoms with Crippen molar-refractivity contribution in [3.63, 3.8) is 0 Å². The van der Waals surface area contributed by atoms with Gasteiger partial charge in [0, 0.05) is 0 Å². The summed E-state index contributed by atoms with van der Waals surface area (Å²) in [6.07, 6.45) is 5.66. The van der Waals surface area contributed by atoms with Gasteiger partial charge in [-0.1, -0.05) is 11.2 Å². The summed E-state index contributed by atoms with van der Waals surface area (Å²) in [6, 6.07) is 7.84. The Hall–Kier alpha value is -1.16. The second-order valence-electron chi connectivity index (χ2n) is 2.22. The van der Waals surface area contributed by atoms with Gasteiger partial charge >= 0.3 is 5.82 Å². The zero-order valence-corrected chi connectivity index (χ0v) is 7.90. The van der Waals surface area contributed by atoms with Gasteiger partial charge in [-0.3, -0.25) is 0 Å². The van der Waals surface area contributed by atoms with Crippen LogP contribution in [0.1, 0.15) is 0 Å². The molecule has 0 aliphatic carbocycles. The first-order valence-corrected chi connectivity index (χ1v) is 3.43. The van der Waals surface area contributed by atoms with Crippen molar-refractivity contribution >= 4 is 0 Å². The molecule has 3 nitrogen and oxygen atoms in total. The maximum Gasteiger partial charge on any atom is 0.305 e. The van der Waals surface area contributed by atoms with Crippen molar-refractivity contribution in [2.75, 3.05) is 0 Å². The number of aromatic amines is 1. The first-order chi connectivity index (χ1) is 5.47. The molecule has 2 rings (SSSR count). The lowest BCUT2D eigenvalue weighted by Gasteiger charge is -1.89. The first kappa shape index (κ1) is 8.93. The molecule has 0 unspecified atom stereocenters. The zero-order chi connectivity index (χ0) is 7.52. The molecule has 12 heavy (non-hydrogen) atoms. The Balaban J connectivity index is 0.000000720. The van der Waals surface area contributed by atoms with E-state index in [9.17, 15) is 0 Å². The van der Waals surface area contributed by atoms with Crippen molar-refractivity contribution in [3.05, 3.63) is 42.9 Å². The largest absolute Gasteiger partial charge is 1.00 e. The maximum absolute atomic E-state index is 3.85. The zero-order valence-electron chi connectivity index (χ0n) is 6.31. The van der Waals surface area contributed by atoms with E-state index >= 15 is 0 Å². The normalized spacial score (nSPS) is 9.00. The number of hydrogen-bond acceptors (Lipinski definition) is 1. The number of nitrogens with one attached hydrogen (secondary N) is 1. The van der Waals surface area contributed by atoms with Crippen LogP contribution in [-0.4, -0.2) is 10.2 Å². The lowest BCUT2D eigenvalue weighted by molar-refractivity contribution is -0.599. The Morgan fingerprint density at radius 3 is 2.50 bits per heavy atom. The van der Waals surface area contributed by atoms with E-state index in [-0.39, 0.29) is 17.0 Å². The molecular weight excluding hydrogens is 218 g/mol. The van der Waals surface area contributed by atoms with E-state index in [1.807, 2.05) is 41.2 Å². The lowest BCUT2D eigenvalue weighted by Crippen LogP contribution is -3.00. The summed E-state index contributed by atoms with van der Waals surface area (Å²) in [5.41, 5.74) is 0. The molecule has 0 aliphatic rings. The van der Waals surface area contributed by atoms with Gasteiger partial charge in [0.05, 0.1) is 24.7 Å². The standard InChI is InChI=1S/C8H8N3.BrH/c1-2-6-11(7-3-1)8-4-5-9-10-8;/h1-7H,(H,9,10);1H/q+1;/p-1. The molecule has 0 atom stereocenters. The van der Waals surface area contributed by atoms with Gasteiger partial charge < -0.3 is 17.0 Å². The highest BCUT2D eigenvalue weighted by Gasteiger charge is 2.00. The third-order valence-corrected chi connectivity index (χ3v) is 1.48. The fourth-order valence-electron chi connectivity index (χ4n) is 0.952. The molecule has 2 aromatic rings. The van der Waals surface area contributed by atoms with E-state index in [1.54, 1.807) is 6.20 Å². The van der Waals surface area contributed by atoms with Crippen LogP contribution in [0.15, 0.2) is 42.9 Å². The number of halogens is 1. The van der Waals surface area contributed by atoms with Gasteiger partial charge in [0.1, 0.15) is 0 Å². The fraction of sp³-hybridized carbons (Fsp3) is 0. The van der Waals surface area contributed by atoms with Crippen molar-refractivity contribution in [3.8, 4) is 5.82 Å². The number of rotatable bonds is 1. The summed E-state index contributed by atoms with van der Waals surface area (Å²) in [7, 11) is 0. The van der Waals surface area contributed by atoms with Crippen molar-refractivity contribution in [2.24, 2.45) is 0 Å². The predicted octanol–water partition coefficient (Wildman–Crippen LogP) is -2.31. The molecule has 0 saturated carbocycles. The quantitative estimate of drug-likeness (QED) is 0.544. The van der Waals surface area contributed by atoms with Crippen LogP contribution in [0.4, 0.5) is 0 Å². The summed E-state index contributed by atoms with van der Waals surface area (Å²) >= 11 is 0. The molecule has 0 fully saturated rings. The average molecular weight is 226 g/mol. The van der Waals surface area contributed by atoms with Gasteiger partial charge in [-0.15, -0.1) is 5.10 Å². The Morgan fingerprint density at radius 1 is 1.17 bits per heavy atom. The van der Waals surface area contributed by atoms with E-state index < -0.39 is 0 Å². The van der Waals surface area contributed by atoms with Crippen molar-refractivity contribution in [2.45, 2.75) is 0 Å². The Labute approximate surface area is 80.8 Å². The van der Waals surface area contributed by atoms with Crippen molar-refractivity contribution in [1.82, 2.24) is 10.2 Å². The molecule has 0 saturated heterocycles. The molecule has 0 bridgehead atoms. The number of nitrogens with zero attached hydrogens (tertiary/aromatic N) is 2. The van der Waals surface area contributed by atoms with Crippen LogP contribution >= 0.6 is 0 Å². The summed E-state index contributed by atoms with van der Waals surface area (Å²) in [5.74, 6) is 0.977. The number of pyridine rings is 1. The fourth-order valence-corrected chi connectivity index (χ4v) is 0.952. The van der Waals surface area contributed by atoms with Gasteiger partial charge in [-0.2, -0.15) is 0 Å². The van der Waals surface area contributed by atoms with Crippen LogP contribution in [0.5, 0.6) is 0 Å². The molecular formula is C8H8BrN3. The van der Waals surface area contributed by atoms with Crippen LogP contribution in [0.3, 0.4) is 0 Å². The van der Waals surface area contributed by atoms with E-state index in [0.717, 1.165) is 5.82 Å². The monoisotopic (exact) mass is 225 g/mol. The smallest absolute Gasteiger partial charge is 0.305 e. The molecule has 4 heteroatoms. The molecule has 2 aromatic heterocycles. The van der Waals surface area contributed by atoms with Gasteiger partial charge in [0.15, 0.2) is 0 Å². The lowest BCUT2D eigenvalue weighted by atomic mass is 10.5. The highest BCUT2D eigenvalue weighted by molar-refractivity contribution is 5.05. The van der Waals surface area contributed by atoms with Gasteiger partial charge in [-0.05, 0) is 12.1 Å². The molecule has 2 heterocycles. The minimum Gasteiger partial charge on any atom is -1.00 e. The molecule has 0 aromatic carbocycles. The number of aromatic nitrogens is 3. The van der Waals surface area contributed by atoms with Crippen molar-refractivity contribution in [1.29, 1.82) is 0 Å². The summed E-state index contributed by atoms with van der Waals surface area (Å²) in [4.78, 5) is 0. The highest BCUT2D eigenvalue weighted by atomic mass is 79.9. The van der Waals surface area contributed by atoms with E-state index in [1.165, 1.54) is 0 Å². The summed E-state index contributed by atoms with van der Waals surface area (Å²) in [5, 5.41) is 6.72. The van der Waals surface area contributed by atoms with E-state index in [4.69, 9.17) is 0 Å². The van der Waals surface area contributed by atoms with Gasteiger partial charge in [0.2, 0.25) is 0 Å². The first-order valence-electron chi connectivity index (χ1n) is 3.43. The SMILES string of the molecule is [Br-].c1cc[n+](-c2ccn[nH]2)cc1. The Kier molecular flexibility index (Phi) is 2.99. The van der Waals surface area contributed by atoms with Gasteiger partial charge in [-0.25, -0.2) is 4.57 Å².